The molecule has 3 N–H and O–H groups in total. The Morgan fingerprint density at radius 2 is 1.71 bits per heavy atom. The Kier molecular flexibility index (Phi) is 6.30. The van der Waals surface area contributed by atoms with Gasteiger partial charge in [-0.3, -0.25) is 0 Å². The van der Waals surface area contributed by atoms with Gasteiger partial charge in [-0.2, -0.15) is 0 Å². The lowest BCUT2D eigenvalue weighted by molar-refractivity contribution is -0.178. The summed E-state index contributed by atoms with van der Waals surface area (Å²) < 4.78 is 47.2. The number of halogens is 3. The maximum absolute atomic E-state index is 13.6. The third-order valence-corrected chi connectivity index (χ3v) is 6.11. The Bertz CT molecular complexity index is 1030. The normalized spacial score (nSPS) is 26.2. The Morgan fingerprint density at radius 3 is 2.35 bits per heavy atom. The van der Waals surface area contributed by atoms with Crippen LogP contribution in [0.15, 0.2) is 53.6 Å². The molecule has 3 aromatic rings. The van der Waals surface area contributed by atoms with Gasteiger partial charge in [-0.05, 0) is 24.3 Å². The van der Waals surface area contributed by atoms with E-state index in [-0.39, 0.29) is 11.3 Å². The molecule has 1 saturated heterocycles. The van der Waals surface area contributed by atoms with Gasteiger partial charge in [-0.1, -0.05) is 35.2 Å². The largest absolute Gasteiger partial charge is 0.394 e. The molecule has 1 aliphatic rings. The van der Waals surface area contributed by atoms with Crippen molar-refractivity contribution in [2.24, 2.45) is 0 Å². The van der Waals surface area contributed by atoms with Crippen molar-refractivity contribution in [3.8, 4) is 11.3 Å². The third kappa shape index (κ3) is 4.32. The van der Waals surface area contributed by atoms with Crippen LogP contribution < -0.4 is 0 Å². The highest BCUT2D eigenvalue weighted by Crippen LogP contribution is 2.38. The molecule has 31 heavy (non-hydrogen) atoms. The van der Waals surface area contributed by atoms with E-state index in [2.05, 4.69) is 10.3 Å². The summed E-state index contributed by atoms with van der Waals surface area (Å²) in [6, 6.07) is 9.59. The molecule has 11 heteroatoms. The average Bonchev–Trinajstić information content (AvgIpc) is 3.24. The number of aliphatic hydroxyl groups is 3. The van der Waals surface area contributed by atoms with Gasteiger partial charge >= 0.3 is 0 Å². The van der Waals surface area contributed by atoms with E-state index in [1.807, 2.05) is 30.3 Å². The number of hydrogen-bond donors (Lipinski definition) is 3. The molecular weight excluding hydrogens is 435 g/mol. The van der Waals surface area contributed by atoms with Gasteiger partial charge in [0.05, 0.1) is 12.8 Å². The van der Waals surface area contributed by atoms with Gasteiger partial charge in [0.2, 0.25) is 0 Å². The van der Waals surface area contributed by atoms with Crippen molar-refractivity contribution in [2.75, 3.05) is 6.61 Å². The number of thioether (sulfide) groups is 1. The zero-order chi connectivity index (χ0) is 22.1. The zero-order valence-corrected chi connectivity index (χ0v) is 16.7. The number of aliphatic hydroxyl groups excluding tert-OH is 3. The molecule has 1 aliphatic heterocycles. The van der Waals surface area contributed by atoms with Gasteiger partial charge in [0, 0.05) is 10.5 Å². The topological polar surface area (TPSA) is 101 Å². The molecule has 164 valence electrons. The van der Waals surface area contributed by atoms with Crippen molar-refractivity contribution >= 4 is 11.8 Å². The summed E-state index contributed by atoms with van der Waals surface area (Å²) in [7, 11) is 0. The van der Waals surface area contributed by atoms with Gasteiger partial charge in [0.15, 0.2) is 17.5 Å². The third-order valence-electron chi connectivity index (χ3n) is 4.94. The minimum absolute atomic E-state index is 0.0107. The van der Waals surface area contributed by atoms with Gasteiger partial charge in [-0.15, -0.1) is 5.10 Å². The lowest BCUT2D eigenvalue weighted by Crippen LogP contribution is -2.55. The predicted molar refractivity (Wildman–Crippen MR) is 104 cm³/mol. The minimum atomic E-state index is -1.60. The summed E-state index contributed by atoms with van der Waals surface area (Å²) in [6.45, 7) is -0.508. The van der Waals surface area contributed by atoms with Crippen molar-refractivity contribution in [2.45, 2.75) is 34.7 Å². The molecule has 0 spiro atoms. The Labute approximate surface area is 179 Å². The number of benzene rings is 2. The molecule has 7 nitrogen and oxygen atoms in total. The van der Waals surface area contributed by atoms with Gasteiger partial charge < -0.3 is 20.1 Å². The Hall–Kier alpha value is -2.44. The number of hydrogen-bond acceptors (Lipinski definition) is 7. The quantitative estimate of drug-likeness (QED) is 0.509. The summed E-state index contributed by atoms with van der Waals surface area (Å²) in [5.41, 5.74) is -0.898. The SMILES string of the molecule is OCC1O[C@@H](Sc2ccccc2)C(O)C(n2cc(-c3cc(F)c(F)c(F)c3)nn2)[C@H]1O. The number of rotatable bonds is 5. The second-order valence-corrected chi connectivity index (χ2v) is 8.14. The molecule has 0 bridgehead atoms. The molecular formula is C20H18F3N3O4S. The van der Waals surface area contributed by atoms with Crippen LogP contribution in [-0.2, 0) is 4.74 Å². The first-order valence-electron chi connectivity index (χ1n) is 9.30. The molecule has 1 fully saturated rings. The fraction of sp³-hybridized carbons (Fsp3) is 0.300. The van der Waals surface area contributed by atoms with Gasteiger partial charge in [0.25, 0.3) is 0 Å². The Morgan fingerprint density at radius 1 is 1.03 bits per heavy atom. The van der Waals surface area contributed by atoms with E-state index in [0.717, 1.165) is 21.7 Å². The summed E-state index contributed by atoms with van der Waals surface area (Å²) in [5.74, 6) is -4.36. The van der Waals surface area contributed by atoms with E-state index in [4.69, 9.17) is 4.74 Å². The van der Waals surface area contributed by atoms with Crippen LogP contribution in [-0.4, -0.2) is 60.7 Å². The second-order valence-electron chi connectivity index (χ2n) is 6.97. The van der Waals surface area contributed by atoms with Crippen molar-refractivity contribution in [3.05, 3.63) is 66.1 Å². The van der Waals surface area contributed by atoms with Gasteiger partial charge in [-0.25, -0.2) is 17.9 Å². The summed E-state index contributed by atoms with van der Waals surface area (Å²) in [5, 5.41) is 38.8. The van der Waals surface area contributed by atoms with Crippen LogP contribution in [0, 0.1) is 17.5 Å². The maximum atomic E-state index is 13.6. The zero-order valence-electron chi connectivity index (χ0n) is 15.8. The Balaban J connectivity index is 1.64. The smallest absolute Gasteiger partial charge is 0.194 e. The van der Waals surface area contributed by atoms with Crippen molar-refractivity contribution in [1.29, 1.82) is 0 Å². The molecule has 0 saturated carbocycles. The standard InChI is InChI=1S/C20H18F3N3O4S/c21-12-6-10(7-13(22)16(12)23)14-8-26(25-24-14)17-18(28)15(9-27)30-20(19(17)29)31-11-4-2-1-3-5-11/h1-8,15,17-20,27-29H,9H2/t15?,17?,18-,19?,20-/m0/s1. The molecule has 1 aromatic heterocycles. The minimum Gasteiger partial charge on any atom is -0.394 e. The second kappa shape index (κ2) is 8.97. The lowest BCUT2D eigenvalue weighted by Gasteiger charge is -2.41. The highest BCUT2D eigenvalue weighted by atomic mass is 32.2. The van der Waals surface area contributed by atoms with Crippen LogP contribution in [0.4, 0.5) is 13.2 Å². The highest BCUT2D eigenvalue weighted by molar-refractivity contribution is 7.99. The number of nitrogens with zero attached hydrogens (tertiary/aromatic N) is 3. The number of aromatic nitrogens is 3. The van der Waals surface area contributed by atoms with E-state index in [1.165, 1.54) is 18.0 Å². The van der Waals surface area contributed by atoms with E-state index in [1.54, 1.807) is 0 Å². The molecule has 0 radical (unpaired) electrons. The number of ether oxygens (including phenoxy) is 1. The highest BCUT2D eigenvalue weighted by Gasteiger charge is 2.46. The van der Waals surface area contributed by atoms with Crippen LogP contribution in [0.3, 0.4) is 0 Å². The van der Waals surface area contributed by atoms with Crippen LogP contribution in [0.2, 0.25) is 0 Å². The van der Waals surface area contributed by atoms with Crippen molar-refractivity contribution in [1.82, 2.24) is 15.0 Å². The molecule has 5 atom stereocenters. The van der Waals surface area contributed by atoms with E-state index in [0.29, 0.717) is 0 Å². The van der Waals surface area contributed by atoms with E-state index >= 15 is 0 Å². The fourth-order valence-corrected chi connectivity index (χ4v) is 4.45. The first-order chi connectivity index (χ1) is 14.9. The summed E-state index contributed by atoms with van der Waals surface area (Å²) in [4.78, 5) is 0.801. The summed E-state index contributed by atoms with van der Waals surface area (Å²) >= 11 is 1.20. The lowest BCUT2D eigenvalue weighted by atomic mass is 9.97. The van der Waals surface area contributed by atoms with Crippen LogP contribution >= 0.6 is 11.8 Å². The van der Waals surface area contributed by atoms with Crippen LogP contribution in [0.1, 0.15) is 6.04 Å². The van der Waals surface area contributed by atoms with Crippen LogP contribution in [0.25, 0.3) is 11.3 Å². The molecule has 3 unspecified atom stereocenters. The first kappa shape index (κ1) is 21.8. The molecule has 0 aliphatic carbocycles. The summed E-state index contributed by atoms with van der Waals surface area (Å²) in [6.07, 6.45) is -2.35. The molecule has 2 aromatic carbocycles. The van der Waals surface area contributed by atoms with Gasteiger partial charge in [0.1, 0.15) is 35.5 Å². The fourth-order valence-electron chi connectivity index (χ4n) is 3.37. The van der Waals surface area contributed by atoms with Crippen molar-refractivity contribution < 1.29 is 33.2 Å². The first-order valence-corrected chi connectivity index (χ1v) is 10.2. The molecule has 0 amide bonds. The van der Waals surface area contributed by atoms with Crippen LogP contribution in [0.5, 0.6) is 0 Å². The molecule has 2 heterocycles. The van der Waals surface area contributed by atoms with E-state index < -0.39 is 53.8 Å². The monoisotopic (exact) mass is 453 g/mol. The predicted octanol–water partition coefficient (Wildman–Crippen LogP) is 2.13. The maximum Gasteiger partial charge on any atom is 0.194 e. The molecule has 4 rings (SSSR count). The van der Waals surface area contributed by atoms with E-state index in [9.17, 15) is 28.5 Å². The average molecular weight is 453 g/mol. The van der Waals surface area contributed by atoms with Crippen molar-refractivity contribution in [3.63, 3.8) is 0 Å².